The predicted octanol–water partition coefficient (Wildman–Crippen LogP) is 4.57. The second-order valence-electron chi connectivity index (χ2n) is 8.87. The first-order chi connectivity index (χ1) is 13.2. The molecule has 3 aromatic rings. The molecule has 4 nitrogen and oxygen atoms in total. The van der Waals surface area contributed by atoms with Crippen LogP contribution in [-0.2, 0) is 18.3 Å². The van der Waals surface area contributed by atoms with Crippen molar-refractivity contribution in [3.05, 3.63) is 58.7 Å². The Bertz CT molecular complexity index is 1110. The predicted molar refractivity (Wildman–Crippen MR) is 103 cm³/mol. The Hall–Kier alpha value is -2.67. The molecule has 1 aromatic carbocycles. The Kier molecular flexibility index (Phi) is 2.96. The van der Waals surface area contributed by atoms with Crippen LogP contribution in [0.5, 0.6) is 0 Å². The fraction of sp³-hybridized carbons (Fsp3) is 0.435. The topological polar surface area (TPSA) is 65.4 Å². The summed E-state index contributed by atoms with van der Waals surface area (Å²) in [4.78, 5) is 13.7. The smallest absolute Gasteiger partial charge is 0.119 e. The number of imidazole rings is 1. The minimum atomic E-state index is -0.0885. The zero-order valence-electron chi connectivity index (χ0n) is 15.4. The van der Waals surface area contributed by atoms with E-state index in [4.69, 9.17) is 9.97 Å². The molecule has 1 N–H and O–H groups in total. The van der Waals surface area contributed by atoms with E-state index in [0.717, 1.165) is 36.1 Å². The van der Waals surface area contributed by atoms with Gasteiger partial charge in [-0.15, -0.1) is 0 Å². The maximum Gasteiger partial charge on any atom is 0.119 e. The van der Waals surface area contributed by atoms with Crippen molar-refractivity contribution in [3.63, 3.8) is 0 Å². The van der Waals surface area contributed by atoms with Crippen molar-refractivity contribution >= 4 is 11.0 Å². The first-order valence-corrected chi connectivity index (χ1v) is 10.1. The number of nitrogens with zero attached hydrogens (tertiary/aromatic N) is 3. The highest BCUT2D eigenvalue weighted by Gasteiger charge is 2.64. The van der Waals surface area contributed by atoms with Gasteiger partial charge in [0.1, 0.15) is 5.82 Å². The lowest BCUT2D eigenvalue weighted by atomic mass is 9.57. The molecule has 1 spiro atoms. The van der Waals surface area contributed by atoms with Crippen molar-refractivity contribution in [1.82, 2.24) is 15.0 Å². The third-order valence-corrected chi connectivity index (χ3v) is 7.04. The number of aromatic amines is 1. The van der Waals surface area contributed by atoms with Crippen LogP contribution in [0.3, 0.4) is 0 Å². The van der Waals surface area contributed by atoms with E-state index in [1.54, 1.807) is 0 Å². The van der Waals surface area contributed by atoms with Gasteiger partial charge in [0.05, 0.1) is 33.8 Å². The van der Waals surface area contributed by atoms with E-state index in [2.05, 4.69) is 23.2 Å². The molecule has 27 heavy (non-hydrogen) atoms. The summed E-state index contributed by atoms with van der Waals surface area (Å²) >= 11 is 0. The molecule has 3 aliphatic carbocycles. The fourth-order valence-corrected chi connectivity index (χ4v) is 5.38. The van der Waals surface area contributed by atoms with Gasteiger partial charge in [-0.25, -0.2) is 4.98 Å². The molecule has 0 unspecified atom stereocenters. The molecule has 3 aliphatic rings. The number of aromatic nitrogens is 3. The summed E-state index contributed by atoms with van der Waals surface area (Å²) in [5.74, 6) is 1.04. The molecule has 134 valence electrons. The average Bonchev–Trinajstić information content (AvgIpc) is 3.36. The number of benzene rings is 1. The highest BCUT2D eigenvalue weighted by atomic mass is 15.0. The van der Waals surface area contributed by atoms with Crippen molar-refractivity contribution in [2.75, 3.05) is 0 Å². The summed E-state index contributed by atoms with van der Waals surface area (Å²) in [5, 5.41) is 9.19. The van der Waals surface area contributed by atoms with Gasteiger partial charge in [0.15, 0.2) is 0 Å². The van der Waals surface area contributed by atoms with E-state index >= 15 is 0 Å². The largest absolute Gasteiger partial charge is 0.341 e. The number of hydrogen-bond acceptors (Lipinski definition) is 3. The average molecular weight is 354 g/mol. The molecule has 2 saturated carbocycles. The SMILES string of the molecule is N#Cc1ccc2nc(C3(c4ccc5c(n4)CCCC5)CC4(CC4)C3)[nH]c2c1. The van der Waals surface area contributed by atoms with Crippen LogP contribution in [0.4, 0.5) is 0 Å². The first-order valence-electron chi connectivity index (χ1n) is 10.1. The van der Waals surface area contributed by atoms with Gasteiger partial charge >= 0.3 is 0 Å². The third-order valence-electron chi connectivity index (χ3n) is 7.04. The molecular weight excluding hydrogens is 332 g/mol. The molecule has 0 amide bonds. The third kappa shape index (κ3) is 2.21. The Balaban J connectivity index is 1.49. The molecular formula is C23H22N4. The molecule has 0 saturated heterocycles. The van der Waals surface area contributed by atoms with E-state index in [-0.39, 0.29) is 5.41 Å². The highest BCUT2D eigenvalue weighted by molar-refractivity contribution is 5.77. The molecule has 4 heteroatoms. The van der Waals surface area contributed by atoms with Gasteiger partial charge in [0, 0.05) is 5.69 Å². The Morgan fingerprint density at radius 1 is 1.00 bits per heavy atom. The fourth-order valence-electron chi connectivity index (χ4n) is 5.38. The summed E-state index contributed by atoms with van der Waals surface area (Å²) in [5.41, 5.74) is 6.95. The summed E-state index contributed by atoms with van der Waals surface area (Å²) in [6, 6.07) is 12.5. The number of H-pyrrole nitrogens is 1. The second-order valence-corrected chi connectivity index (χ2v) is 8.87. The van der Waals surface area contributed by atoms with Gasteiger partial charge in [-0.2, -0.15) is 5.26 Å². The zero-order valence-corrected chi connectivity index (χ0v) is 15.4. The molecule has 0 aliphatic heterocycles. The standard InChI is InChI=1S/C23H22N4/c24-12-15-5-7-18-19(11-15)27-21(26-18)23(13-22(14-23)9-10-22)20-8-6-16-3-1-2-4-17(16)25-20/h5-8,11H,1-4,9-10,13-14H2,(H,26,27). The van der Waals surface area contributed by atoms with E-state index in [1.165, 1.54) is 49.1 Å². The van der Waals surface area contributed by atoms with Crippen LogP contribution in [-0.4, -0.2) is 15.0 Å². The summed E-state index contributed by atoms with van der Waals surface area (Å²) in [7, 11) is 0. The zero-order chi connectivity index (χ0) is 18.1. The monoisotopic (exact) mass is 354 g/mol. The first kappa shape index (κ1) is 15.4. The van der Waals surface area contributed by atoms with E-state index < -0.39 is 0 Å². The number of aryl methyl sites for hydroxylation is 2. The van der Waals surface area contributed by atoms with Gasteiger partial charge in [0.25, 0.3) is 0 Å². The van der Waals surface area contributed by atoms with Crippen LogP contribution >= 0.6 is 0 Å². The summed E-state index contributed by atoms with van der Waals surface area (Å²) in [6.07, 6.45) is 9.80. The highest BCUT2D eigenvalue weighted by Crippen LogP contribution is 2.70. The van der Waals surface area contributed by atoms with E-state index in [1.807, 2.05) is 18.2 Å². The van der Waals surface area contributed by atoms with Gasteiger partial charge in [-0.3, -0.25) is 4.98 Å². The van der Waals surface area contributed by atoms with Crippen molar-refractivity contribution in [2.45, 2.75) is 56.8 Å². The molecule has 0 bridgehead atoms. The van der Waals surface area contributed by atoms with Gasteiger partial charge in [0.2, 0.25) is 0 Å². The van der Waals surface area contributed by atoms with Crippen LogP contribution in [0, 0.1) is 16.7 Å². The molecule has 0 atom stereocenters. The quantitative estimate of drug-likeness (QED) is 0.733. The van der Waals surface area contributed by atoms with Crippen LogP contribution in [0.1, 0.15) is 66.9 Å². The normalized spacial score (nSPS) is 21.4. The van der Waals surface area contributed by atoms with Crippen molar-refractivity contribution in [1.29, 1.82) is 5.26 Å². The van der Waals surface area contributed by atoms with Crippen LogP contribution in [0.25, 0.3) is 11.0 Å². The minimum Gasteiger partial charge on any atom is -0.341 e. The lowest BCUT2D eigenvalue weighted by molar-refractivity contribution is 0.145. The van der Waals surface area contributed by atoms with E-state index in [9.17, 15) is 5.26 Å². The van der Waals surface area contributed by atoms with Gasteiger partial charge < -0.3 is 4.98 Å². The van der Waals surface area contributed by atoms with Gasteiger partial charge in [-0.1, -0.05) is 6.07 Å². The molecule has 0 radical (unpaired) electrons. The number of pyridine rings is 1. The van der Waals surface area contributed by atoms with E-state index in [0.29, 0.717) is 11.0 Å². The molecule has 6 rings (SSSR count). The van der Waals surface area contributed by atoms with Gasteiger partial charge in [-0.05, 0) is 86.6 Å². The molecule has 2 aromatic heterocycles. The van der Waals surface area contributed by atoms with Crippen molar-refractivity contribution in [3.8, 4) is 6.07 Å². The van der Waals surface area contributed by atoms with Crippen molar-refractivity contribution in [2.24, 2.45) is 5.41 Å². The van der Waals surface area contributed by atoms with Crippen LogP contribution in [0.2, 0.25) is 0 Å². The number of nitriles is 1. The Labute approximate surface area is 158 Å². The maximum absolute atomic E-state index is 9.19. The van der Waals surface area contributed by atoms with Crippen LogP contribution in [0.15, 0.2) is 30.3 Å². The second kappa shape index (κ2) is 5.19. The Morgan fingerprint density at radius 2 is 1.85 bits per heavy atom. The number of hydrogen-bond donors (Lipinski definition) is 1. The molecule has 2 fully saturated rings. The van der Waals surface area contributed by atoms with Crippen LogP contribution < -0.4 is 0 Å². The number of rotatable bonds is 2. The number of fused-ring (bicyclic) bond motifs is 2. The summed E-state index contributed by atoms with van der Waals surface area (Å²) < 4.78 is 0. The minimum absolute atomic E-state index is 0.0885. The van der Waals surface area contributed by atoms with Crippen molar-refractivity contribution < 1.29 is 0 Å². The summed E-state index contributed by atoms with van der Waals surface area (Å²) in [6.45, 7) is 0. The lowest BCUT2D eigenvalue weighted by Gasteiger charge is -2.47. The Morgan fingerprint density at radius 3 is 2.67 bits per heavy atom. The lowest BCUT2D eigenvalue weighted by Crippen LogP contribution is -2.45. The maximum atomic E-state index is 9.19. The molecule has 2 heterocycles. The number of nitrogens with one attached hydrogen (secondary N) is 1.